The summed E-state index contributed by atoms with van der Waals surface area (Å²) in [4.78, 5) is 52.3. The van der Waals surface area contributed by atoms with Crippen molar-refractivity contribution in [2.45, 2.75) is 62.4 Å². The van der Waals surface area contributed by atoms with Gasteiger partial charge in [0, 0.05) is 44.2 Å². The largest absolute Gasteiger partial charge is 0.463 e. The number of hydrogen-bond donors (Lipinski definition) is 0. The molecule has 3 rings (SSSR count). The SMILES string of the molecule is CC(=O)OC[C@@H]1O[C@H](Sc2cccc3cccnc23)[C@H](OC(C)=O)[C@@H](OC(C)=O)[C@H]1OC(C)=O. The van der Waals surface area contributed by atoms with Gasteiger partial charge in [0.05, 0.1) is 5.52 Å². The third-order valence-corrected chi connectivity index (χ3v) is 5.98. The molecule has 0 amide bonds. The number of pyridine rings is 1. The van der Waals surface area contributed by atoms with E-state index < -0.39 is 53.7 Å². The van der Waals surface area contributed by atoms with Gasteiger partial charge in [-0.05, 0) is 12.1 Å². The van der Waals surface area contributed by atoms with Crippen molar-refractivity contribution in [1.82, 2.24) is 4.98 Å². The third kappa shape index (κ3) is 6.45. The Labute approximate surface area is 200 Å². The lowest BCUT2D eigenvalue weighted by atomic mass is 9.99. The van der Waals surface area contributed by atoms with Crippen molar-refractivity contribution < 1.29 is 42.9 Å². The Morgan fingerprint density at radius 2 is 1.47 bits per heavy atom. The smallest absolute Gasteiger partial charge is 0.303 e. The first-order valence-electron chi connectivity index (χ1n) is 10.5. The van der Waals surface area contributed by atoms with Gasteiger partial charge in [0.2, 0.25) is 0 Å². The molecule has 0 N–H and O–H groups in total. The molecule has 5 atom stereocenters. The minimum Gasteiger partial charge on any atom is -0.463 e. The number of nitrogens with zero attached hydrogens (tertiary/aromatic N) is 1. The van der Waals surface area contributed by atoms with E-state index in [1.54, 1.807) is 6.20 Å². The molecule has 2 heterocycles. The molecule has 34 heavy (non-hydrogen) atoms. The molecule has 1 saturated heterocycles. The minimum atomic E-state index is -1.21. The molecule has 1 aromatic carbocycles. The number of aromatic nitrogens is 1. The van der Waals surface area contributed by atoms with Crippen LogP contribution in [-0.2, 0) is 42.9 Å². The van der Waals surface area contributed by atoms with E-state index in [1.807, 2.05) is 30.3 Å². The maximum atomic E-state index is 12.0. The molecular formula is C23H25NO9S. The van der Waals surface area contributed by atoms with Crippen LogP contribution >= 0.6 is 11.8 Å². The zero-order valence-electron chi connectivity index (χ0n) is 19.1. The van der Waals surface area contributed by atoms with Crippen LogP contribution in [0.25, 0.3) is 10.9 Å². The number of hydrogen-bond acceptors (Lipinski definition) is 11. The van der Waals surface area contributed by atoms with Crippen LogP contribution in [0, 0.1) is 0 Å². The summed E-state index contributed by atoms with van der Waals surface area (Å²) in [5.41, 5.74) is -0.212. The topological polar surface area (TPSA) is 127 Å². The standard InChI is InChI=1S/C23H25NO9S/c1-12(25)29-11-17-20(30-13(2)26)21(31-14(3)27)22(32-15(4)28)23(33-17)34-18-9-5-7-16-8-6-10-24-19(16)18/h5-10,17,20-23H,11H2,1-4H3/t17-,20-,21-,22+,23+/m0/s1. The van der Waals surface area contributed by atoms with Gasteiger partial charge in [-0.2, -0.15) is 0 Å². The average Bonchev–Trinajstić information content (AvgIpc) is 2.75. The second-order valence-corrected chi connectivity index (χ2v) is 8.66. The Morgan fingerprint density at radius 3 is 2.12 bits per heavy atom. The fourth-order valence-corrected chi connectivity index (χ4v) is 4.81. The van der Waals surface area contributed by atoms with Gasteiger partial charge in [0.1, 0.15) is 18.1 Å². The van der Waals surface area contributed by atoms with Gasteiger partial charge in [0.25, 0.3) is 0 Å². The van der Waals surface area contributed by atoms with Gasteiger partial charge < -0.3 is 23.7 Å². The van der Waals surface area contributed by atoms with Gasteiger partial charge in [-0.25, -0.2) is 0 Å². The highest BCUT2D eigenvalue weighted by molar-refractivity contribution is 8.00. The molecule has 10 nitrogen and oxygen atoms in total. The lowest BCUT2D eigenvalue weighted by molar-refractivity contribution is -0.237. The van der Waals surface area contributed by atoms with E-state index in [2.05, 4.69) is 4.98 Å². The summed E-state index contributed by atoms with van der Waals surface area (Å²) in [6.45, 7) is 4.52. The Kier molecular flexibility index (Phi) is 8.46. The van der Waals surface area contributed by atoms with E-state index in [1.165, 1.54) is 39.5 Å². The van der Waals surface area contributed by atoms with Crippen LogP contribution in [-0.4, -0.2) is 65.3 Å². The summed E-state index contributed by atoms with van der Waals surface area (Å²) >= 11 is 1.20. The molecule has 1 aliphatic rings. The number of benzene rings is 1. The summed E-state index contributed by atoms with van der Waals surface area (Å²) in [5, 5.41) is 0.887. The summed E-state index contributed by atoms with van der Waals surface area (Å²) in [6.07, 6.45) is -2.88. The predicted octanol–water partition coefficient (Wildman–Crippen LogP) is 2.41. The van der Waals surface area contributed by atoms with Crippen molar-refractivity contribution in [3.8, 4) is 0 Å². The van der Waals surface area contributed by atoms with Crippen LogP contribution < -0.4 is 0 Å². The van der Waals surface area contributed by atoms with Crippen LogP contribution in [0.3, 0.4) is 0 Å². The lowest BCUT2D eigenvalue weighted by Crippen LogP contribution is -2.61. The van der Waals surface area contributed by atoms with Gasteiger partial charge in [-0.1, -0.05) is 30.0 Å². The molecule has 0 radical (unpaired) electrons. The Balaban J connectivity index is 2.03. The van der Waals surface area contributed by atoms with Crippen molar-refractivity contribution >= 4 is 46.5 Å². The predicted molar refractivity (Wildman–Crippen MR) is 120 cm³/mol. The first-order chi connectivity index (χ1) is 16.2. The highest BCUT2D eigenvalue weighted by Crippen LogP contribution is 2.39. The molecule has 2 aromatic rings. The highest BCUT2D eigenvalue weighted by Gasteiger charge is 2.52. The van der Waals surface area contributed by atoms with Crippen LogP contribution in [0.2, 0.25) is 0 Å². The monoisotopic (exact) mass is 491 g/mol. The first-order valence-corrected chi connectivity index (χ1v) is 11.3. The van der Waals surface area contributed by atoms with Crippen LogP contribution in [0.4, 0.5) is 0 Å². The maximum Gasteiger partial charge on any atom is 0.303 e. The van der Waals surface area contributed by atoms with E-state index in [4.69, 9.17) is 23.7 Å². The van der Waals surface area contributed by atoms with E-state index in [0.29, 0.717) is 5.52 Å². The summed E-state index contributed by atoms with van der Waals surface area (Å²) in [7, 11) is 0. The second-order valence-electron chi connectivity index (χ2n) is 7.52. The molecule has 182 valence electrons. The van der Waals surface area contributed by atoms with Gasteiger partial charge in [-0.15, -0.1) is 0 Å². The molecule has 11 heteroatoms. The summed E-state index contributed by atoms with van der Waals surface area (Å²) < 4.78 is 27.6. The Morgan fingerprint density at radius 1 is 0.853 bits per heavy atom. The third-order valence-electron chi connectivity index (χ3n) is 4.79. The van der Waals surface area contributed by atoms with Crippen LogP contribution in [0.5, 0.6) is 0 Å². The fourth-order valence-electron chi connectivity index (χ4n) is 3.58. The summed E-state index contributed by atoms with van der Waals surface area (Å²) in [5.74, 6) is -2.57. The Hall–Kier alpha value is -3.18. The molecule has 0 unspecified atom stereocenters. The molecule has 1 aliphatic heterocycles. The van der Waals surface area contributed by atoms with Crippen molar-refractivity contribution in [3.63, 3.8) is 0 Å². The van der Waals surface area contributed by atoms with Crippen molar-refractivity contribution in [3.05, 3.63) is 36.5 Å². The van der Waals surface area contributed by atoms with Crippen molar-refractivity contribution in [2.75, 3.05) is 6.61 Å². The normalized spacial score (nSPS) is 24.2. The number of para-hydroxylation sites is 1. The van der Waals surface area contributed by atoms with E-state index in [-0.39, 0.29) is 6.61 Å². The molecule has 0 aliphatic carbocycles. The number of ether oxygens (including phenoxy) is 5. The number of carbonyl (C=O) groups excluding carboxylic acids is 4. The molecular weight excluding hydrogens is 466 g/mol. The maximum absolute atomic E-state index is 12.0. The molecule has 0 spiro atoms. The van der Waals surface area contributed by atoms with E-state index >= 15 is 0 Å². The number of esters is 4. The number of fused-ring (bicyclic) bond motifs is 1. The van der Waals surface area contributed by atoms with Gasteiger partial charge >= 0.3 is 23.9 Å². The summed E-state index contributed by atoms with van der Waals surface area (Å²) in [6, 6.07) is 9.29. The fraction of sp³-hybridized carbons (Fsp3) is 0.435. The second kappa shape index (κ2) is 11.3. The zero-order valence-corrected chi connectivity index (χ0v) is 19.9. The van der Waals surface area contributed by atoms with Crippen LogP contribution in [0.1, 0.15) is 27.7 Å². The zero-order chi connectivity index (χ0) is 24.8. The van der Waals surface area contributed by atoms with Crippen molar-refractivity contribution in [1.29, 1.82) is 0 Å². The average molecular weight is 492 g/mol. The molecule has 0 saturated carbocycles. The highest BCUT2D eigenvalue weighted by atomic mass is 32.2. The molecule has 1 fully saturated rings. The van der Waals surface area contributed by atoms with E-state index in [9.17, 15) is 19.2 Å². The van der Waals surface area contributed by atoms with Gasteiger partial charge in [-0.3, -0.25) is 24.2 Å². The molecule has 1 aromatic heterocycles. The quantitative estimate of drug-likeness (QED) is 0.418. The van der Waals surface area contributed by atoms with Crippen molar-refractivity contribution in [2.24, 2.45) is 0 Å². The van der Waals surface area contributed by atoms with E-state index in [0.717, 1.165) is 10.3 Å². The van der Waals surface area contributed by atoms with Crippen LogP contribution in [0.15, 0.2) is 41.4 Å². The number of rotatable bonds is 7. The first kappa shape index (κ1) is 25.4. The minimum absolute atomic E-state index is 0.275. The Bertz CT molecular complexity index is 1070. The lowest BCUT2D eigenvalue weighted by Gasteiger charge is -2.44. The van der Waals surface area contributed by atoms with Gasteiger partial charge in [0.15, 0.2) is 18.3 Å². The number of carbonyl (C=O) groups is 4. The number of thioether (sulfide) groups is 1. The molecule has 0 bridgehead atoms.